The first-order chi connectivity index (χ1) is 10.1. The molecule has 10 heteroatoms. The van der Waals surface area contributed by atoms with E-state index >= 15 is 0 Å². The maximum absolute atomic E-state index is 12.5. The summed E-state index contributed by atoms with van der Waals surface area (Å²) in [5.41, 5.74) is -6.09. The average Bonchev–Trinajstić information content (AvgIpc) is 2.90. The van der Waals surface area contributed by atoms with Crippen LogP contribution in [0.2, 0.25) is 0 Å². The van der Waals surface area contributed by atoms with Crippen molar-refractivity contribution in [3.8, 4) is 0 Å². The number of hydrogen-bond acceptors (Lipinski definition) is 5. The second-order valence-electron chi connectivity index (χ2n) is 4.86. The minimum Gasteiger partial charge on any atom is -0.258 e. The van der Waals surface area contributed by atoms with Crippen molar-refractivity contribution in [3.05, 3.63) is 28.3 Å². The Morgan fingerprint density at radius 2 is 1.82 bits per heavy atom. The van der Waals surface area contributed by atoms with Crippen LogP contribution in [0.15, 0.2) is 28.0 Å². The lowest BCUT2D eigenvalue weighted by molar-refractivity contribution is -0.388. The zero-order chi connectivity index (χ0) is 16.5. The van der Waals surface area contributed by atoms with Crippen LogP contribution in [0, 0.1) is 10.1 Å². The summed E-state index contributed by atoms with van der Waals surface area (Å²) in [6.45, 7) is 0. The molecule has 0 heterocycles. The van der Waals surface area contributed by atoms with E-state index in [1.54, 1.807) is 0 Å². The third kappa shape index (κ3) is 3.37. The van der Waals surface area contributed by atoms with Crippen molar-refractivity contribution in [2.75, 3.05) is 0 Å². The van der Waals surface area contributed by atoms with Crippen molar-refractivity contribution in [3.63, 3.8) is 0 Å². The first-order valence-electron chi connectivity index (χ1n) is 6.39. The molecule has 1 saturated carbocycles. The number of nitrogens with zero attached hydrogens (tertiary/aromatic N) is 1. The molecule has 0 N–H and O–H groups in total. The lowest BCUT2D eigenvalue weighted by Gasteiger charge is -2.11. The Morgan fingerprint density at radius 1 is 1.23 bits per heavy atom. The van der Waals surface area contributed by atoms with Gasteiger partial charge in [0.25, 0.3) is 15.5 Å². The van der Waals surface area contributed by atoms with Crippen LogP contribution in [0.3, 0.4) is 0 Å². The molecule has 1 aliphatic rings. The van der Waals surface area contributed by atoms with Crippen LogP contribution in [0.1, 0.15) is 25.7 Å². The molecule has 122 valence electrons. The Bertz CT molecular complexity index is 682. The zero-order valence-electron chi connectivity index (χ0n) is 11.2. The number of benzene rings is 1. The fraction of sp³-hybridized carbons (Fsp3) is 0.500. The second-order valence-corrected chi connectivity index (χ2v) is 8.14. The molecular formula is C12H12F3NO4S2. The van der Waals surface area contributed by atoms with Crippen LogP contribution in [-0.2, 0) is 9.84 Å². The number of rotatable bonds is 4. The molecule has 5 nitrogen and oxygen atoms in total. The largest absolute Gasteiger partial charge is 0.501 e. The standard InChI is InChI=1S/C12H12F3NO4S2/c13-12(14,15)22(19,20)9-5-6-11(10(7-9)16(17)18)21-8-3-1-2-4-8/h5-8H,1-4H2. The highest BCUT2D eigenvalue weighted by Crippen LogP contribution is 2.41. The van der Waals surface area contributed by atoms with Crippen LogP contribution in [-0.4, -0.2) is 24.1 Å². The summed E-state index contributed by atoms with van der Waals surface area (Å²) >= 11 is 1.22. The molecule has 0 aliphatic heterocycles. The van der Waals surface area contributed by atoms with E-state index in [1.165, 1.54) is 11.8 Å². The number of hydrogen-bond donors (Lipinski definition) is 0. The lowest BCUT2D eigenvalue weighted by atomic mass is 10.3. The highest BCUT2D eigenvalue weighted by molar-refractivity contribution is 8.00. The van der Waals surface area contributed by atoms with E-state index in [1.807, 2.05) is 0 Å². The van der Waals surface area contributed by atoms with Gasteiger partial charge in [-0.2, -0.15) is 13.2 Å². The summed E-state index contributed by atoms with van der Waals surface area (Å²) in [6, 6.07) is 2.34. The summed E-state index contributed by atoms with van der Waals surface area (Å²) in [5, 5.41) is 11.2. The zero-order valence-corrected chi connectivity index (χ0v) is 12.8. The maximum Gasteiger partial charge on any atom is 0.501 e. The van der Waals surface area contributed by atoms with Crippen molar-refractivity contribution >= 4 is 27.3 Å². The molecule has 0 aromatic heterocycles. The normalized spacial score (nSPS) is 16.9. The van der Waals surface area contributed by atoms with Gasteiger partial charge in [0.05, 0.1) is 14.7 Å². The molecule has 0 spiro atoms. The summed E-state index contributed by atoms with van der Waals surface area (Å²) in [4.78, 5) is 9.27. The van der Waals surface area contributed by atoms with Crippen LogP contribution >= 0.6 is 11.8 Å². The van der Waals surface area contributed by atoms with Gasteiger partial charge < -0.3 is 0 Å². The minimum absolute atomic E-state index is 0.170. The summed E-state index contributed by atoms with van der Waals surface area (Å²) < 4.78 is 60.2. The maximum atomic E-state index is 12.5. The predicted molar refractivity (Wildman–Crippen MR) is 74.5 cm³/mol. The number of halogens is 3. The number of nitro groups is 1. The summed E-state index contributed by atoms with van der Waals surface area (Å²) in [7, 11) is -5.59. The number of sulfone groups is 1. The minimum atomic E-state index is -5.59. The molecule has 1 fully saturated rings. The molecule has 0 amide bonds. The molecule has 1 aromatic carbocycles. The van der Waals surface area contributed by atoms with Gasteiger partial charge in [-0.25, -0.2) is 8.42 Å². The number of alkyl halides is 3. The van der Waals surface area contributed by atoms with Gasteiger partial charge in [-0.3, -0.25) is 10.1 Å². The Morgan fingerprint density at radius 3 is 2.32 bits per heavy atom. The molecule has 1 aliphatic carbocycles. The molecular weight excluding hydrogens is 343 g/mol. The average molecular weight is 355 g/mol. The topological polar surface area (TPSA) is 77.3 Å². The smallest absolute Gasteiger partial charge is 0.258 e. The third-order valence-electron chi connectivity index (χ3n) is 3.34. The second kappa shape index (κ2) is 6.07. The molecule has 1 aromatic rings. The van der Waals surface area contributed by atoms with Gasteiger partial charge in [-0.15, -0.1) is 11.8 Å². The molecule has 0 atom stereocenters. The number of thioether (sulfide) groups is 1. The Hall–Kier alpha value is -1.29. The van der Waals surface area contributed by atoms with Crippen molar-refractivity contribution in [1.82, 2.24) is 0 Å². The molecule has 22 heavy (non-hydrogen) atoms. The molecule has 0 unspecified atom stereocenters. The van der Waals surface area contributed by atoms with Crippen molar-refractivity contribution in [2.45, 2.75) is 46.2 Å². The molecule has 0 radical (unpaired) electrons. The molecule has 0 bridgehead atoms. The Labute approximate surface area is 129 Å². The van der Waals surface area contributed by atoms with Crippen molar-refractivity contribution in [2.24, 2.45) is 0 Å². The first kappa shape index (κ1) is 17.1. The SMILES string of the molecule is O=[N+]([O-])c1cc(S(=O)(=O)C(F)(F)F)ccc1SC1CCCC1. The van der Waals surface area contributed by atoms with E-state index in [2.05, 4.69) is 0 Å². The van der Waals surface area contributed by atoms with Gasteiger partial charge in [0, 0.05) is 11.3 Å². The van der Waals surface area contributed by atoms with Gasteiger partial charge >= 0.3 is 5.51 Å². The molecule has 0 saturated heterocycles. The third-order valence-corrected chi connectivity index (χ3v) is 6.23. The van der Waals surface area contributed by atoms with Crippen LogP contribution in [0.4, 0.5) is 18.9 Å². The summed E-state index contributed by atoms with van der Waals surface area (Å²) in [5.74, 6) is 0. The van der Waals surface area contributed by atoms with E-state index in [0.29, 0.717) is 6.07 Å². The van der Waals surface area contributed by atoms with Gasteiger partial charge in [-0.05, 0) is 25.0 Å². The lowest BCUT2D eigenvalue weighted by Crippen LogP contribution is -2.23. The van der Waals surface area contributed by atoms with Crippen LogP contribution < -0.4 is 0 Å². The van der Waals surface area contributed by atoms with Gasteiger partial charge in [0.15, 0.2) is 0 Å². The van der Waals surface area contributed by atoms with Crippen LogP contribution in [0.5, 0.6) is 0 Å². The highest BCUT2D eigenvalue weighted by atomic mass is 32.2. The quantitative estimate of drug-likeness (QED) is 0.604. The van der Waals surface area contributed by atoms with Crippen molar-refractivity contribution < 1.29 is 26.5 Å². The first-order valence-corrected chi connectivity index (χ1v) is 8.75. The fourth-order valence-corrected chi connectivity index (χ4v) is 4.34. The van der Waals surface area contributed by atoms with E-state index in [-0.39, 0.29) is 10.1 Å². The van der Waals surface area contributed by atoms with Crippen molar-refractivity contribution in [1.29, 1.82) is 0 Å². The van der Waals surface area contributed by atoms with Gasteiger partial charge in [0.2, 0.25) is 0 Å². The van der Waals surface area contributed by atoms with Gasteiger partial charge in [-0.1, -0.05) is 12.8 Å². The monoisotopic (exact) mass is 355 g/mol. The van der Waals surface area contributed by atoms with E-state index in [0.717, 1.165) is 37.8 Å². The number of nitro benzene ring substituents is 1. The van der Waals surface area contributed by atoms with E-state index in [9.17, 15) is 31.7 Å². The molecule has 2 rings (SSSR count). The van der Waals surface area contributed by atoms with E-state index < -0.39 is 30.9 Å². The van der Waals surface area contributed by atoms with E-state index in [4.69, 9.17) is 0 Å². The highest BCUT2D eigenvalue weighted by Gasteiger charge is 2.47. The fourth-order valence-electron chi connectivity index (χ4n) is 2.23. The Kier molecular flexibility index (Phi) is 4.71. The van der Waals surface area contributed by atoms with Crippen LogP contribution in [0.25, 0.3) is 0 Å². The van der Waals surface area contributed by atoms with Gasteiger partial charge in [0.1, 0.15) is 0 Å². The summed E-state index contributed by atoms with van der Waals surface area (Å²) in [6.07, 6.45) is 3.77. The Balaban J connectivity index is 2.41. The predicted octanol–water partition coefficient (Wildman–Crippen LogP) is 3.92.